The van der Waals surface area contributed by atoms with Crippen LogP contribution in [0.2, 0.25) is 5.02 Å². The van der Waals surface area contributed by atoms with Gasteiger partial charge in [-0.25, -0.2) is 0 Å². The van der Waals surface area contributed by atoms with E-state index in [9.17, 15) is 9.59 Å². The normalized spacial score (nSPS) is 17.4. The van der Waals surface area contributed by atoms with Crippen molar-refractivity contribution in [2.75, 3.05) is 38.5 Å². The first-order valence-corrected chi connectivity index (χ1v) is 11.4. The molecule has 1 fully saturated rings. The summed E-state index contributed by atoms with van der Waals surface area (Å²) in [4.78, 5) is 33.3. The minimum absolute atomic E-state index is 0.0274. The fourth-order valence-electron chi connectivity index (χ4n) is 4.47. The first kappa shape index (κ1) is 21.5. The molecular formula is C26H25ClN4O2. The smallest absolute Gasteiger partial charge is 0.256 e. The minimum atomic E-state index is -0.160. The predicted octanol–water partition coefficient (Wildman–Crippen LogP) is 4.52. The van der Waals surface area contributed by atoms with Crippen molar-refractivity contribution in [2.45, 2.75) is 6.92 Å². The van der Waals surface area contributed by atoms with E-state index >= 15 is 0 Å². The van der Waals surface area contributed by atoms with Crippen molar-refractivity contribution in [1.82, 2.24) is 14.8 Å². The molecule has 6 nitrogen and oxygen atoms in total. The Morgan fingerprint density at radius 3 is 2.52 bits per heavy atom. The Labute approximate surface area is 197 Å². The number of carbonyl (C=O) groups excluding carboxylic acids is 2. The number of benzene rings is 2. The van der Waals surface area contributed by atoms with Gasteiger partial charge in [0.1, 0.15) is 0 Å². The van der Waals surface area contributed by atoms with Crippen LogP contribution in [-0.2, 0) is 4.79 Å². The average molecular weight is 461 g/mol. The second-order valence-corrected chi connectivity index (χ2v) is 9.02. The number of nitrogens with zero attached hydrogens (tertiary/aromatic N) is 2. The number of likely N-dealkylation sites (N-methyl/N-ethyl adjacent to an activating group) is 1. The third kappa shape index (κ3) is 3.96. The van der Waals surface area contributed by atoms with E-state index in [1.807, 2.05) is 60.4 Å². The van der Waals surface area contributed by atoms with E-state index < -0.39 is 0 Å². The van der Waals surface area contributed by atoms with E-state index in [4.69, 9.17) is 11.6 Å². The van der Waals surface area contributed by atoms with Crippen molar-refractivity contribution < 1.29 is 9.59 Å². The van der Waals surface area contributed by atoms with Crippen LogP contribution in [0.25, 0.3) is 22.8 Å². The lowest BCUT2D eigenvalue weighted by atomic mass is 9.94. The summed E-state index contributed by atoms with van der Waals surface area (Å²) >= 11 is 6.07. The third-order valence-electron chi connectivity index (χ3n) is 6.47. The standard InChI is InChI=1S/C26H25ClN4O2/c1-16-21(26(33)31-12-10-30(2)11-13-31)15-28-23(16)14-20-24-19(17-6-8-18(27)9-7-17)4-3-5-22(24)29-25(20)32/h3-9,14-15,28H,10-13H2,1-2H3,(H,29,32). The maximum atomic E-state index is 13.1. The first-order chi connectivity index (χ1) is 15.9. The summed E-state index contributed by atoms with van der Waals surface area (Å²) in [6.07, 6.45) is 3.60. The van der Waals surface area contributed by atoms with Crippen LogP contribution < -0.4 is 5.32 Å². The van der Waals surface area contributed by atoms with E-state index in [2.05, 4.69) is 22.2 Å². The fourth-order valence-corrected chi connectivity index (χ4v) is 4.59. The van der Waals surface area contributed by atoms with Gasteiger partial charge in [-0.05, 0) is 54.9 Å². The summed E-state index contributed by atoms with van der Waals surface area (Å²) < 4.78 is 0. The van der Waals surface area contributed by atoms with E-state index in [0.29, 0.717) is 16.2 Å². The molecule has 2 N–H and O–H groups in total. The number of fused-ring (bicyclic) bond motifs is 1. The van der Waals surface area contributed by atoms with Crippen LogP contribution in [0.4, 0.5) is 5.69 Å². The van der Waals surface area contributed by atoms with Crippen LogP contribution in [0.15, 0.2) is 48.7 Å². The Balaban J connectivity index is 1.51. The minimum Gasteiger partial charge on any atom is -0.361 e. The average Bonchev–Trinajstić information content (AvgIpc) is 3.34. The molecule has 0 saturated carbocycles. The Kier molecular flexibility index (Phi) is 5.56. The maximum Gasteiger partial charge on any atom is 0.256 e. The van der Waals surface area contributed by atoms with Gasteiger partial charge in [-0.1, -0.05) is 35.9 Å². The molecule has 168 valence electrons. The van der Waals surface area contributed by atoms with Crippen molar-refractivity contribution >= 4 is 40.8 Å². The van der Waals surface area contributed by atoms with Crippen LogP contribution in [0, 0.1) is 6.92 Å². The number of hydrogen-bond acceptors (Lipinski definition) is 3. The van der Waals surface area contributed by atoms with Gasteiger partial charge in [-0.2, -0.15) is 0 Å². The zero-order chi connectivity index (χ0) is 23.1. The molecule has 5 rings (SSSR count). The van der Waals surface area contributed by atoms with Gasteiger partial charge in [-0.15, -0.1) is 0 Å². The molecule has 0 atom stereocenters. The lowest BCUT2D eigenvalue weighted by molar-refractivity contribution is -0.110. The van der Waals surface area contributed by atoms with Crippen LogP contribution in [0.5, 0.6) is 0 Å². The molecule has 2 aromatic carbocycles. The first-order valence-electron chi connectivity index (χ1n) is 11.0. The van der Waals surface area contributed by atoms with E-state index in [0.717, 1.165) is 59.8 Å². The Hall–Kier alpha value is -3.35. The molecule has 1 saturated heterocycles. The number of halogens is 1. The molecule has 0 unspecified atom stereocenters. The van der Waals surface area contributed by atoms with Gasteiger partial charge < -0.3 is 20.1 Å². The number of piperazine rings is 1. The van der Waals surface area contributed by atoms with Crippen LogP contribution in [0.1, 0.15) is 27.2 Å². The van der Waals surface area contributed by atoms with Gasteiger partial charge >= 0.3 is 0 Å². The summed E-state index contributed by atoms with van der Waals surface area (Å²) in [7, 11) is 2.07. The SMILES string of the molecule is Cc1c(C(=O)N2CCN(C)CC2)c[nH]c1C=C1C(=O)Nc2cccc(-c3ccc(Cl)cc3)c21. The highest BCUT2D eigenvalue weighted by Crippen LogP contribution is 2.40. The van der Waals surface area contributed by atoms with Crippen LogP contribution >= 0.6 is 11.6 Å². The summed E-state index contributed by atoms with van der Waals surface area (Å²) in [5.74, 6) is -0.132. The molecule has 3 heterocycles. The summed E-state index contributed by atoms with van der Waals surface area (Å²) in [5, 5.41) is 3.63. The molecule has 33 heavy (non-hydrogen) atoms. The molecule has 0 spiro atoms. The fraction of sp³-hybridized carbons (Fsp3) is 0.231. The summed E-state index contributed by atoms with van der Waals surface area (Å²) in [6.45, 7) is 5.10. The van der Waals surface area contributed by atoms with Gasteiger partial charge in [0, 0.05) is 54.3 Å². The zero-order valence-electron chi connectivity index (χ0n) is 18.6. The molecule has 0 radical (unpaired) electrons. The number of rotatable bonds is 3. The molecular weight excluding hydrogens is 436 g/mol. The van der Waals surface area contributed by atoms with Crippen molar-refractivity contribution in [3.8, 4) is 11.1 Å². The van der Waals surface area contributed by atoms with Gasteiger partial charge in [0.05, 0.1) is 11.1 Å². The summed E-state index contributed by atoms with van der Waals surface area (Å²) in [5.41, 5.74) is 6.38. The van der Waals surface area contributed by atoms with Crippen molar-refractivity contribution in [2.24, 2.45) is 0 Å². The zero-order valence-corrected chi connectivity index (χ0v) is 19.4. The Morgan fingerprint density at radius 2 is 1.79 bits per heavy atom. The van der Waals surface area contributed by atoms with Crippen LogP contribution in [-0.4, -0.2) is 59.8 Å². The Morgan fingerprint density at radius 1 is 1.06 bits per heavy atom. The van der Waals surface area contributed by atoms with E-state index in [1.54, 1.807) is 6.20 Å². The molecule has 0 bridgehead atoms. The highest BCUT2D eigenvalue weighted by atomic mass is 35.5. The van der Waals surface area contributed by atoms with Crippen molar-refractivity contribution in [1.29, 1.82) is 0 Å². The number of nitrogens with one attached hydrogen (secondary N) is 2. The highest BCUT2D eigenvalue weighted by molar-refractivity contribution is 6.36. The van der Waals surface area contributed by atoms with Gasteiger partial charge in [0.25, 0.3) is 11.8 Å². The summed E-state index contributed by atoms with van der Waals surface area (Å²) in [6, 6.07) is 13.4. The number of anilines is 1. The number of amides is 2. The molecule has 2 aliphatic rings. The third-order valence-corrected chi connectivity index (χ3v) is 6.72. The van der Waals surface area contributed by atoms with Crippen molar-refractivity contribution in [3.63, 3.8) is 0 Å². The van der Waals surface area contributed by atoms with Crippen molar-refractivity contribution in [3.05, 3.63) is 76.1 Å². The molecule has 1 aromatic heterocycles. The monoisotopic (exact) mass is 460 g/mol. The van der Waals surface area contributed by atoms with Gasteiger partial charge in [-0.3, -0.25) is 9.59 Å². The number of H-pyrrole nitrogens is 1. The molecule has 3 aromatic rings. The number of aromatic nitrogens is 1. The molecule has 2 aliphatic heterocycles. The molecule has 2 amide bonds. The second-order valence-electron chi connectivity index (χ2n) is 8.58. The lowest BCUT2D eigenvalue weighted by Gasteiger charge is -2.32. The van der Waals surface area contributed by atoms with E-state index in [-0.39, 0.29) is 11.8 Å². The number of aromatic amines is 1. The van der Waals surface area contributed by atoms with E-state index in [1.165, 1.54) is 0 Å². The lowest BCUT2D eigenvalue weighted by Crippen LogP contribution is -2.47. The second kappa shape index (κ2) is 8.54. The Bertz CT molecular complexity index is 1270. The predicted molar refractivity (Wildman–Crippen MR) is 132 cm³/mol. The topological polar surface area (TPSA) is 68.4 Å². The number of hydrogen-bond donors (Lipinski definition) is 2. The largest absolute Gasteiger partial charge is 0.361 e. The quantitative estimate of drug-likeness (QED) is 0.564. The highest BCUT2D eigenvalue weighted by Gasteiger charge is 2.28. The number of carbonyl (C=O) groups is 2. The molecule has 7 heteroatoms. The van der Waals surface area contributed by atoms with Gasteiger partial charge in [0.15, 0.2) is 0 Å². The maximum absolute atomic E-state index is 13.1. The molecule has 0 aliphatic carbocycles. The van der Waals surface area contributed by atoms with Crippen LogP contribution in [0.3, 0.4) is 0 Å². The van der Waals surface area contributed by atoms with Gasteiger partial charge in [0.2, 0.25) is 0 Å².